The average Bonchev–Trinajstić information content (AvgIpc) is 3.56. The van der Waals surface area contributed by atoms with Gasteiger partial charge >= 0.3 is 0 Å². The summed E-state index contributed by atoms with van der Waals surface area (Å²) in [5.41, 5.74) is 11.0. The Balaban J connectivity index is 1.21. The van der Waals surface area contributed by atoms with Crippen molar-refractivity contribution in [2.45, 2.75) is 77.9 Å². The maximum atomic E-state index is 12.6. The Bertz CT molecular complexity index is 1050. The molecule has 0 spiro atoms. The minimum Gasteiger partial charge on any atom is -0.385 e. The third-order valence-electron chi connectivity index (χ3n) is 8.22. The van der Waals surface area contributed by atoms with E-state index in [-0.39, 0.29) is 23.3 Å². The van der Waals surface area contributed by atoms with Gasteiger partial charge in [0, 0.05) is 42.6 Å². The van der Waals surface area contributed by atoms with Crippen molar-refractivity contribution in [3.63, 3.8) is 0 Å². The lowest BCUT2D eigenvalue weighted by atomic mass is 9.73. The van der Waals surface area contributed by atoms with Crippen LogP contribution in [0.2, 0.25) is 0 Å². The number of hydrogen-bond acceptors (Lipinski definition) is 6. The maximum Gasteiger partial charge on any atom is 0.255 e. The van der Waals surface area contributed by atoms with Gasteiger partial charge in [0.15, 0.2) is 0 Å². The van der Waals surface area contributed by atoms with Gasteiger partial charge < -0.3 is 10.8 Å². The third-order valence-corrected chi connectivity index (χ3v) is 8.22. The number of nitrogens with zero attached hydrogens (tertiary/aromatic N) is 4. The van der Waals surface area contributed by atoms with Gasteiger partial charge in [-0.15, -0.1) is 0 Å². The number of carbonyl (C=O) groups excluding carboxylic acids is 1. The van der Waals surface area contributed by atoms with Crippen molar-refractivity contribution in [3.05, 3.63) is 35.1 Å². The van der Waals surface area contributed by atoms with Crippen molar-refractivity contribution in [2.24, 2.45) is 49.9 Å². The molecule has 0 bridgehead atoms. The Morgan fingerprint density at radius 2 is 1.97 bits per heavy atom. The molecule has 0 aromatic rings. The van der Waals surface area contributed by atoms with Gasteiger partial charge in [0.05, 0.1) is 24.3 Å². The molecule has 0 aromatic heterocycles. The van der Waals surface area contributed by atoms with E-state index in [9.17, 15) is 9.90 Å². The number of nitrogens with two attached hydrogens (primary N) is 1. The summed E-state index contributed by atoms with van der Waals surface area (Å²) in [6, 6.07) is -0.114. The maximum absolute atomic E-state index is 12.6. The first-order valence-electron chi connectivity index (χ1n) is 13.7. The predicted molar refractivity (Wildman–Crippen MR) is 145 cm³/mol. The highest BCUT2D eigenvalue weighted by atomic mass is 16.3. The third kappa shape index (κ3) is 5.78. The van der Waals surface area contributed by atoms with E-state index in [1.165, 1.54) is 12.8 Å². The Morgan fingerprint density at radius 1 is 1.22 bits per heavy atom. The van der Waals surface area contributed by atoms with Crippen LogP contribution in [0.4, 0.5) is 0 Å². The van der Waals surface area contributed by atoms with E-state index in [1.54, 1.807) is 6.21 Å². The molecule has 7 heteroatoms. The van der Waals surface area contributed by atoms with E-state index in [0.717, 1.165) is 67.1 Å². The summed E-state index contributed by atoms with van der Waals surface area (Å²) in [6.45, 7) is 8.16. The van der Waals surface area contributed by atoms with E-state index in [1.807, 2.05) is 29.5 Å². The van der Waals surface area contributed by atoms with Gasteiger partial charge in [-0.25, -0.2) is 4.99 Å². The first-order chi connectivity index (χ1) is 17.2. The molecule has 2 heterocycles. The van der Waals surface area contributed by atoms with Crippen LogP contribution in [-0.4, -0.2) is 59.4 Å². The molecule has 2 fully saturated rings. The smallest absolute Gasteiger partial charge is 0.255 e. The summed E-state index contributed by atoms with van der Waals surface area (Å²) >= 11 is 0. The SMILES string of the molecule is CC(C)(C)C1=NC2=C(C(C3CCC(C=NC(=O)C4C=NN(CC5CC5)C4)CC3)=CC(O)C=C2)C(N)C1. The fraction of sp³-hybridized carbons (Fsp3) is 0.655. The first-order valence-corrected chi connectivity index (χ1v) is 13.7. The van der Waals surface area contributed by atoms with Crippen molar-refractivity contribution >= 4 is 24.0 Å². The van der Waals surface area contributed by atoms with Gasteiger partial charge in [-0.2, -0.15) is 5.10 Å². The lowest BCUT2D eigenvalue weighted by Gasteiger charge is -2.35. The van der Waals surface area contributed by atoms with E-state index in [0.29, 0.717) is 18.4 Å². The van der Waals surface area contributed by atoms with Gasteiger partial charge in [0.2, 0.25) is 0 Å². The van der Waals surface area contributed by atoms with Crippen LogP contribution in [0.15, 0.2) is 50.2 Å². The molecule has 3 aliphatic carbocycles. The van der Waals surface area contributed by atoms with Crippen LogP contribution in [0.5, 0.6) is 0 Å². The minimum atomic E-state index is -0.629. The number of carbonyl (C=O) groups is 1. The minimum absolute atomic E-state index is 0.0343. The first kappa shape index (κ1) is 25.3. The van der Waals surface area contributed by atoms with E-state index in [2.05, 4.69) is 30.9 Å². The second kappa shape index (κ2) is 10.2. The molecular weight excluding hydrogens is 450 g/mol. The van der Waals surface area contributed by atoms with Gasteiger partial charge in [0.25, 0.3) is 5.91 Å². The summed E-state index contributed by atoms with van der Waals surface area (Å²) in [5.74, 6) is 1.12. The summed E-state index contributed by atoms with van der Waals surface area (Å²) in [5, 5.41) is 17.0. The standard InChI is InChI=1S/C29H41N5O2/c1-29(2,3)26-13-24(30)27-23(12-22(35)10-11-25(27)33-26)20-8-6-18(7-9-20)14-31-28(36)21-15-32-34(17-21)16-19-4-5-19/h10-12,14-15,18-22,24,35H,4-9,13,16-17,30H2,1-3H3. The van der Waals surface area contributed by atoms with E-state index < -0.39 is 6.10 Å². The van der Waals surface area contributed by atoms with Crippen molar-refractivity contribution in [2.75, 3.05) is 13.1 Å². The number of aliphatic imine (C=N–C) groups is 2. The number of hydrazone groups is 1. The summed E-state index contributed by atoms with van der Waals surface area (Å²) in [6.07, 6.45) is 16.0. The Morgan fingerprint density at radius 3 is 2.67 bits per heavy atom. The molecule has 194 valence electrons. The van der Waals surface area contributed by atoms with Crippen molar-refractivity contribution < 1.29 is 9.90 Å². The summed E-state index contributed by atoms with van der Waals surface area (Å²) < 4.78 is 0. The molecular formula is C29H41N5O2. The molecule has 0 radical (unpaired) electrons. The van der Waals surface area contributed by atoms with Crippen LogP contribution in [-0.2, 0) is 4.79 Å². The average molecular weight is 492 g/mol. The van der Waals surface area contributed by atoms with Crippen LogP contribution < -0.4 is 5.73 Å². The Hall–Kier alpha value is -2.38. The Kier molecular flexibility index (Phi) is 7.14. The highest BCUT2D eigenvalue weighted by Crippen LogP contribution is 2.41. The number of aliphatic hydroxyl groups excluding tert-OH is 1. The molecule has 0 aromatic carbocycles. The molecule has 3 N–H and O–H groups in total. The van der Waals surface area contributed by atoms with Crippen molar-refractivity contribution in [1.82, 2.24) is 5.01 Å². The van der Waals surface area contributed by atoms with Gasteiger partial charge in [0.1, 0.15) is 0 Å². The van der Waals surface area contributed by atoms with Crippen molar-refractivity contribution in [3.8, 4) is 0 Å². The van der Waals surface area contributed by atoms with Crippen LogP contribution >= 0.6 is 0 Å². The highest BCUT2D eigenvalue weighted by Gasteiger charge is 2.35. The molecule has 5 aliphatic rings. The van der Waals surface area contributed by atoms with E-state index in [4.69, 9.17) is 10.7 Å². The molecule has 2 aliphatic heterocycles. The zero-order valence-electron chi connectivity index (χ0n) is 21.9. The lowest BCUT2D eigenvalue weighted by Crippen LogP contribution is -2.37. The zero-order valence-corrected chi connectivity index (χ0v) is 21.9. The normalized spacial score (nSPS) is 33.0. The van der Waals surface area contributed by atoms with E-state index >= 15 is 0 Å². The fourth-order valence-corrected chi connectivity index (χ4v) is 5.80. The molecule has 7 nitrogen and oxygen atoms in total. The highest BCUT2D eigenvalue weighted by molar-refractivity contribution is 5.98. The number of rotatable bonds is 5. The molecule has 3 unspecified atom stereocenters. The number of hydrogen-bond donors (Lipinski definition) is 2. The summed E-state index contributed by atoms with van der Waals surface area (Å²) in [4.78, 5) is 22.0. The number of aliphatic hydroxyl groups is 1. The van der Waals surface area contributed by atoms with Crippen LogP contribution in [0.3, 0.4) is 0 Å². The molecule has 2 saturated carbocycles. The molecule has 36 heavy (non-hydrogen) atoms. The number of allylic oxidation sites excluding steroid dienone is 1. The Labute approximate surface area is 215 Å². The second-order valence-electron chi connectivity index (χ2n) is 12.3. The molecule has 5 rings (SSSR count). The van der Waals surface area contributed by atoms with Gasteiger partial charge in [-0.1, -0.05) is 26.8 Å². The lowest BCUT2D eigenvalue weighted by molar-refractivity contribution is -0.119. The van der Waals surface area contributed by atoms with Crippen LogP contribution in [0, 0.1) is 29.1 Å². The molecule has 3 atom stereocenters. The monoisotopic (exact) mass is 491 g/mol. The number of amides is 1. The van der Waals surface area contributed by atoms with Crippen LogP contribution in [0.25, 0.3) is 0 Å². The zero-order chi connectivity index (χ0) is 25.4. The molecule has 1 amide bonds. The van der Waals surface area contributed by atoms with Gasteiger partial charge in [-0.3, -0.25) is 14.8 Å². The van der Waals surface area contributed by atoms with Crippen molar-refractivity contribution in [1.29, 1.82) is 0 Å². The van der Waals surface area contributed by atoms with Gasteiger partial charge in [-0.05, 0) is 79.6 Å². The topological polar surface area (TPSA) is 104 Å². The predicted octanol–water partition coefficient (Wildman–Crippen LogP) is 4.05. The largest absolute Gasteiger partial charge is 0.385 e. The second-order valence-corrected chi connectivity index (χ2v) is 12.3. The van der Waals surface area contributed by atoms with Crippen LogP contribution in [0.1, 0.15) is 65.7 Å². The quantitative estimate of drug-likeness (QED) is 0.566. The summed E-state index contributed by atoms with van der Waals surface area (Å²) in [7, 11) is 0. The fourth-order valence-electron chi connectivity index (χ4n) is 5.80. The molecule has 0 saturated heterocycles.